The lowest BCUT2D eigenvalue weighted by atomic mass is 10.2. The first-order valence-corrected chi connectivity index (χ1v) is 4.96. The Kier molecular flexibility index (Phi) is 5.74. The Labute approximate surface area is 90.0 Å². The van der Waals surface area contributed by atoms with Crippen molar-refractivity contribution >= 4 is 12.1 Å². The standard InChI is InChI=1S/C10H19NO4/c1-7(2)6-15-10(14)11(4)8(3)5-9(12)13/h7-8H,5-6H2,1-4H3,(H,12,13). The molecule has 0 aliphatic rings. The van der Waals surface area contributed by atoms with Gasteiger partial charge in [-0.3, -0.25) is 4.79 Å². The van der Waals surface area contributed by atoms with Gasteiger partial charge in [-0.25, -0.2) is 4.79 Å². The van der Waals surface area contributed by atoms with E-state index in [-0.39, 0.29) is 18.4 Å². The van der Waals surface area contributed by atoms with E-state index in [9.17, 15) is 9.59 Å². The Morgan fingerprint density at radius 3 is 2.27 bits per heavy atom. The van der Waals surface area contributed by atoms with Crippen molar-refractivity contribution in [2.75, 3.05) is 13.7 Å². The largest absolute Gasteiger partial charge is 0.481 e. The Morgan fingerprint density at radius 1 is 1.33 bits per heavy atom. The van der Waals surface area contributed by atoms with Gasteiger partial charge < -0.3 is 14.7 Å². The summed E-state index contributed by atoms with van der Waals surface area (Å²) in [6, 6.07) is -0.359. The number of carboxylic acids is 1. The topological polar surface area (TPSA) is 66.8 Å². The first-order chi connectivity index (χ1) is 6.84. The molecule has 0 spiro atoms. The summed E-state index contributed by atoms with van der Waals surface area (Å²) in [5.74, 6) is -0.650. The molecule has 88 valence electrons. The molecule has 0 aromatic rings. The van der Waals surface area contributed by atoms with E-state index in [4.69, 9.17) is 9.84 Å². The van der Waals surface area contributed by atoms with E-state index < -0.39 is 12.1 Å². The number of carbonyl (C=O) groups is 2. The van der Waals surface area contributed by atoms with Gasteiger partial charge in [0, 0.05) is 13.1 Å². The number of nitrogens with zero attached hydrogens (tertiary/aromatic N) is 1. The van der Waals surface area contributed by atoms with Gasteiger partial charge in [-0.2, -0.15) is 0 Å². The fourth-order valence-electron chi connectivity index (χ4n) is 0.909. The Balaban J connectivity index is 4.01. The number of carboxylic acid groups (broad SMARTS) is 1. The summed E-state index contributed by atoms with van der Waals surface area (Å²) in [6.45, 7) is 5.90. The van der Waals surface area contributed by atoms with E-state index in [2.05, 4.69) is 0 Å². The lowest BCUT2D eigenvalue weighted by Gasteiger charge is -2.23. The molecule has 1 atom stereocenters. The monoisotopic (exact) mass is 217 g/mol. The Hall–Kier alpha value is -1.26. The van der Waals surface area contributed by atoms with E-state index >= 15 is 0 Å². The summed E-state index contributed by atoms with van der Waals surface area (Å²) in [5.41, 5.74) is 0. The van der Waals surface area contributed by atoms with Crippen LogP contribution < -0.4 is 0 Å². The van der Waals surface area contributed by atoms with Crippen LogP contribution in [0.25, 0.3) is 0 Å². The molecule has 1 amide bonds. The molecule has 0 aliphatic carbocycles. The number of hydrogen-bond donors (Lipinski definition) is 1. The van der Waals surface area contributed by atoms with E-state index in [0.29, 0.717) is 6.61 Å². The normalized spacial score (nSPS) is 12.3. The molecule has 0 aliphatic heterocycles. The predicted octanol–water partition coefficient (Wildman–Crippen LogP) is 1.57. The van der Waals surface area contributed by atoms with Crippen LogP contribution in [0, 0.1) is 5.92 Å². The quantitative estimate of drug-likeness (QED) is 0.759. The molecule has 0 aromatic heterocycles. The number of hydrogen-bond acceptors (Lipinski definition) is 3. The predicted molar refractivity (Wildman–Crippen MR) is 55.7 cm³/mol. The fraction of sp³-hybridized carbons (Fsp3) is 0.800. The average molecular weight is 217 g/mol. The summed E-state index contributed by atoms with van der Waals surface area (Å²) in [5, 5.41) is 8.55. The van der Waals surface area contributed by atoms with Crippen molar-refractivity contribution in [3.05, 3.63) is 0 Å². The van der Waals surface area contributed by atoms with Crippen molar-refractivity contribution < 1.29 is 19.4 Å². The summed E-state index contributed by atoms with van der Waals surface area (Å²) in [7, 11) is 1.54. The van der Waals surface area contributed by atoms with Gasteiger partial charge in [-0.05, 0) is 12.8 Å². The third kappa shape index (κ3) is 5.93. The third-order valence-electron chi connectivity index (χ3n) is 1.96. The molecule has 1 N–H and O–H groups in total. The molecule has 5 heteroatoms. The van der Waals surface area contributed by atoms with Crippen molar-refractivity contribution in [3.63, 3.8) is 0 Å². The van der Waals surface area contributed by atoms with Gasteiger partial charge in [0.2, 0.25) is 0 Å². The summed E-state index contributed by atoms with van der Waals surface area (Å²) in [6.07, 6.45) is -0.551. The van der Waals surface area contributed by atoms with E-state index in [1.54, 1.807) is 6.92 Å². The molecule has 0 aromatic carbocycles. The van der Waals surface area contributed by atoms with Crippen LogP contribution in [-0.4, -0.2) is 41.8 Å². The van der Waals surface area contributed by atoms with Gasteiger partial charge in [0.25, 0.3) is 0 Å². The van der Waals surface area contributed by atoms with Gasteiger partial charge in [-0.1, -0.05) is 13.8 Å². The zero-order valence-electron chi connectivity index (χ0n) is 9.69. The third-order valence-corrected chi connectivity index (χ3v) is 1.96. The fourth-order valence-corrected chi connectivity index (χ4v) is 0.909. The van der Waals surface area contributed by atoms with Crippen LogP contribution in [0.15, 0.2) is 0 Å². The molecule has 15 heavy (non-hydrogen) atoms. The highest BCUT2D eigenvalue weighted by Crippen LogP contribution is 2.04. The highest BCUT2D eigenvalue weighted by molar-refractivity contribution is 5.71. The Morgan fingerprint density at radius 2 is 1.87 bits per heavy atom. The van der Waals surface area contributed by atoms with Gasteiger partial charge in [0.1, 0.15) is 0 Å². The Bertz CT molecular complexity index is 227. The highest BCUT2D eigenvalue weighted by Gasteiger charge is 2.19. The van der Waals surface area contributed by atoms with Crippen LogP contribution >= 0.6 is 0 Å². The zero-order chi connectivity index (χ0) is 12.0. The average Bonchev–Trinajstić information content (AvgIpc) is 2.11. The van der Waals surface area contributed by atoms with Crippen molar-refractivity contribution in [2.24, 2.45) is 5.92 Å². The van der Waals surface area contributed by atoms with Crippen LogP contribution in [0.5, 0.6) is 0 Å². The molecule has 0 rings (SSSR count). The van der Waals surface area contributed by atoms with E-state index in [0.717, 1.165) is 0 Å². The number of aliphatic carboxylic acids is 1. The smallest absolute Gasteiger partial charge is 0.409 e. The van der Waals surface area contributed by atoms with Gasteiger partial charge in [-0.15, -0.1) is 0 Å². The molecule has 0 saturated carbocycles. The number of carbonyl (C=O) groups excluding carboxylic acids is 1. The van der Waals surface area contributed by atoms with Gasteiger partial charge >= 0.3 is 12.1 Å². The maximum Gasteiger partial charge on any atom is 0.409 e. The van der Waals surface area contributed by atoms with Gasteiger partial charge in [0.15, 0.2) is 0 Å². The SMILES string of the molecule is CC(C)COC(=O)N(C)C(C)CC(=O)O. The first-order valence-electron chi connectivity index (χ1n) is 4.96. The molecule has 0 radical (unpaired) electrons. The lowest BCUT2D eigenvalue weighted by Crippen LogP contribution is -2.37. The lowest BCUT2D eigenvalue weighted by molar-refractivity contribution is -0.138. The van der Waals surface area contributed by atoms with E-state index in [1.807, 2.05) is 13.8 Å². The second-order valence-electron chi connectivity index (χ2n) is 4.03. The molecule has 0 bridgehead atoms. The van der Waals surface area contributed by atoms with Crippen LogP contribution in [0.3, 0.4) is 0 Å². The molecular formula is C10H19NO4. The van der Waals surface area contributed by atoms with Crippen molar-refractivity contribution in [1.82, 2.24) is 4.90 Å². The van der Waals surface area contributed by atoms with Crippen molar-refractivity contribution in [2.45, 2.75) is 33.2 Å². The molecular weight excluding hydrogens is 198 g/mol. The van der Waals surface area contributed by atoms with E-state index in [1.165, 1.54) is 11.9 Å². The second-order valence-corrected chi connectivity index (χ2v) is 4.03. The van der Waals surface area contributed by atoms with Gasteiger partial charge in [0.05, 0.1) is 13.0 Å². The second kappa shape index (κ2) is 6.27. The number of ether oxygens (including phenoxy) is 1. The summed E-state index contributed by atoms with van der Waals surface area (Å²) < 4.78 is 4.96. The van der Waals surface area contributed by atoms with Crippen molar-refractivity contribution in [1.29, 1.82) is 0 Å². The number of rotatable bonds is 5. The molecule has 1 unspecified atom stereocenters. The van der Waals surface area contributed by atoms with Crippen molar-refractivity contribution in [3.8, 4) is 0 Å². The minimum Gasteiger partial charge on any atom is -0.481 e. The maximum absolute atomic E-state index is 11.4. The van der Waals surface area contributed by atoms with Crippen LogP contribution in [0.2, 0.25) is 0 Å². The summed E-state index contributed by atoms with van der Waals surface area (Å²) in [4.78, 5) is 23.1. The minimum absolute atomic E-state index is 0.0761. The number of amides is 1. The molecule has 0 saturated heterocycles. The van der Waals surface area contributed by atoms with Crippen LogP contribution in [0.1, 0.15) is 27.2 Å². The summed E-state index contributed by atoms with van der Waals surface area (Å²) >= 11 is 0. The maximum atomic E-state index is 11.4. The zero-order valence-corrected chi connectivity index (χ0v) is 9.69. The molecule has 5 nitrogen and oxygen atoms in total. The minimum atomic E-state index is -0.925. The van der Waals surface area contributed by atoms with Crippen LogP contribution in [-0.2, 0) is 9.53 Å². The first kappa shape index (κ1) is 13.7. The highest BCUT2D eigenvalue weighted by atomic mass is 16.6. The molecule has 0 heterocycles. The molecule has 0 fully saturated rings. The van der Waals surface area contributed by atoms with Crippen LogP contribution in [0.4, 0.5) is 4.79 Å².